The third-order valence-corrected chi connectivity index (χ3v) is 5.62. The lowest BCUT2D eigenvalue weighted by Crippen LogP contribution is -2.39. The Morgan fingerprint density at radius 1 is 1.23 bits per heavy atom. The van der Waals surface area contributed by atoms with Crippen molar-refractivity contribution >= 4 is 17.4 Å². The van der Waals surface area contributed by atoms with Crippen molar-refractivity contribution in [1.29, 1.82) is 5.26 Å². The number of nitrogens with zero attached hydrogens (tertiary/aromatic N) is 3. The van der Waals surface area contributed by atoms with Crippen molar-refractivity contribution in [2.24, 2.45) is 0 Å². The number of hydrogen-bond acceptors (Lipinski definition) is 4. The number of anilines is 1. The molecule has 2 bridgehead atoms. The van der Waals surface area contributed by atoms with Crippen LogP contribution in [0.2, 0.25) is 0 Å². The SMILES string of the molecule is N#Cc1cc2c(nc1SCc1ccccc1)C1CCN2CC1. The molecule has 0 unspecified atom stereocenters. The summed E-state index contributed by atoms with van der Waals surface area (Å²) in [4.78, 5) is 7.26. The van der Waals surface area contributed by atoms with E-state index in [1.54, 1.807) is 11.8 Å². The summed E-state index contributed by atoms with van der Waals surface area (Å²) in [5.41, 5.74) is 4.39. The Morgan fingerprint density at radius 3 is 2.73 bits per heavy atom. The minimum atomic E-state index is 0.587. The van der Waals surface area contributed by atoms with Crippen LogP contribution in [0.4, 0.5) is 5.69 Å². The van der Waals surface area contributed by atoms with Crippen LogP contribution in [0.25, 0.3) is 0 Å². The summed E-state index contributed by atoms with van der Waals surface area (Å²) in [5.74, 6) is 1.44. The Hall–Kier alpha value is -1.99. The molecule has 4 heteroatoms. The minimum absolute atomic E-state index is 0.587. The van der Waals surface area contributed by atoms with E-state index < -0.39 is 0 Å². The number of benzene rings is 1. The molecule has 0 spiro atoms. The fraction of sp³-hybridized carbons (Fsp3) is 0.333. The zero-order chi connectivity index (χ0) is 14.9. The Bertz CT molecular complexity index is 728. The second-order valence-corrected chi connectivity index (χ2v) is 6.86. The molecular formula is C18H17N3S. The molecule has 5 rings (SSSR count). The molecule has 4 heterocycles. The van der Waals surface area contributed by atoms with Gasteiger partial charge in [-0.2, -0.15) is 5.26 Å². The maximum Gasteiger partial charge on any atom is 0.115 e. The number of hydrogen-bond donors (Lipinski definition) is 0. The van der Waals surface area contributed by atoms with Crippen molar-refractivity contribution in [3.8, 4) is 6.07 Å². The third-order valence-electron chi connectivity index (χ3n) is 4.56. The summed E-state index contributed by atoms with van der Waals surface area (Å²) < 4.78 is 0. The van der Waals surface area contributed by atoms with Crippen molar-refractivity contribution in [2.45, 2.75) is 29.5 Å². The maximum absolute atomic E-state index is 9.47. The molecule has 1 saturated heterocycles. The van der Waals surface area contributed by atoms with E-state index >= 15 is 0 Å². The largest absolute Gasteiger partial charge is 0.370 e. The zero-order valence-corrected chi connectivity index (χ0v) is 13.1. The number of nitriles is 1. The van der Waals surface area contributed by atoms with Crippen LogP contribution in [0.5, 0.6) is 0 Å². The zero-order valence-electron chi connectivity index (χ0n) is 12.3. The Morgan fingerprint density at radius 2 is 2.00 bits per heavy atom. The first kappa shape index (κ1) is 13.7. The van der Waals surface area contributed by atoms with Gasteiger partial charge in [-0.1, -0.05) is 30.3 Å². The number of aromatic nitrogens is 1. The topological polar surface area (TPSA) is 39.9 Å². The van der Waals surface area contributed by atoms with Gasteiger partial charge in [0.15, 0.2) is 0 Å². The van der Waals surface area contributed by atoms with Gasteiger partial charge in [0.1, 0.15) is 11.1 Å². The van der Waals surface area contributed by atoms with Crippen molar-refractivity contribution in [3.63, 3.8) is 0 Å². The third kappa shape index (κ3) is 2.36. The first-order valence-corrected chi connectivity index (χ1v) is 8.70. The van der Waals surface area contributed by atoms with Gasteiger partial charge in [0.25, 0.3) is 0 Å². The standard InChI is InChI=1S/C18H17N3S/c19-11-15-10-16-17(14-6-8-21(16)9-7-14)20-18(15)22-12-13-4-2-1-3-5-13/h1-5,10,14H,6-9,12H2. The predicted octanol–water partition coefficient (Wildman–Crippen LogP) is 3.94. The van der Waals surface area contributed by atoms with Crippen LogP contribution in [-0.2, 0) is 5.75 Å². The first-order chi connectivity index (χ1) is 10.8. The van der Waals surface area contributed by atoms with E-state index in [1.165, 1.54) is 29.8 Å². The molecule has 0 aliphatic carbocycles. The summed E-state index contributed by atoms with van der Waals surface area (Å²) in [6.45, 7) is 2.22. The highest BCUT2D eigenvalue weighted by atomic mass is 32.2. The molecule has 110 valence electrons. The summed E-state index contributed by atoms with van der Waals surface area (Å²) in [6.07, 6.45) is 2.41. The molecule has 3 aliphatic heterocycles. The van der Waals surface area contributed by atoms with Crippen LogP contribution in [0.15, 0.2) is 41.4 Å². The van der Waals surface area contributed by atoms with Crippen LogP contribution in [0, 0.1) is 11.3 Å². The molecule has 1 aromatic heterocycles. The van der Waals surface area contributed by atoms with Crippen molar-refractivity contribution in [2.75, 3.05) is 18.0 Å². The van der Waals surface area contributed by atoms with Gasteiger partial charge in [0.05, 0.1) is 16.9 Å². The van der Waals surface area contributed by atoms with E-state index in [0.717, 1.165) is 23.9 Å². The normalized spacial score (nSPS) is 16.4. The highest BCUT2D eigenvalue weighted by molar-refractivity contribution is 7.98. The van der Waals surface area contributed by atoms with Crippen molar-refractivity contribution in [3.05, 3.63) is 53.2 Å². The molecule has 0 atom stereocenters. The van der Waals surface area contributed by atoms with Gasteiger partial charge in [0.2, 0.25) is 0 Å². The summed E-state index contributed by atoms with van der Waals surface area (Å²) in [6, 6.07) is 14.7. The second-order valence-electron chi connectivity index (χ2n) is 5.89. The summed E-state index contributed by atoms with van der Waals surface area (Å²) in [5, 5.41) is 10.4. The lowest BCUT2D eigenvalue weighted by molar-refractivity contribution is 0.461. The van der Waals surface area contributed by atoms with E-state index in [1.807, 2.05) is 18.2 Å². The molecule has 3 aliphatic rings. The predicted molar refractivity (Wildman–Crippen MR) is 89.1 cm³/mol. The van der Waals surface area contributed by atoms with Crippen molar-refractivity contribution in [1.82, 2.24) is 4.98 Å². The quantitative estimate of drug-likeness (QED) is 0.805. The van der Waals surface area contributed by atoms with Gasteiger partial charge < -0.3 is 4.90 Å². The van der Waals surface area contributed by atoms with Gasteiger partial charge in [0, 0.05) is 24.8 Å². The minimum Gasteiger partial charge on any atom is -0.370 e. The molecule has 0 saturated carbocycles. The average molecular weight is 307 g/mol. The van der Waals surface area contributed by atoms with E-state index in [0.29, 0.717) is 11.5 Å². The molecular weight excluding hydrogens is 290 g/mol. The van der Waals surface area contributed by atoms with E-state index in [-0.39, 0.29) is 0 Å². The highest BCUT2D eigenvalue weighted by Crippen LogP contribution is 2.43. The number of thioether (sulfide) groups is 1. The Labute approximate surface area is 135 Å². The van der Waals surface area contributed by atoms with Crippen molar-refractivity contribution < 1.29 is 0 Å². The molecule has 0 N–H and O–H groups in total. The van der Waals surface area contributed by atoms with Gasteiger partial charge >= 0.3 is 0 Å². The summed E-state index contributed by atoms with van der Waals surface area (Å²) >= 11 is 1.67. The maximum atomic E-state index is 9.47. The highest BCUT2D eigenvalue weighted by Gasteiger charge is 2.33. The number of piperidine rings is 1. The number of pyridine rings is 1. The fourth-order valence-electron chi connectivity index (χ4n) is 3.36. The van der Waals surface area contributed by atoms with Gasteiger partial charge in [-0.25, -0.2) is 4.98 Å². The second kappa shape index (κ2) is 5.66. The smallest absolute Gasteiger partial charge is 0.115 e. The van der Waals surface area contributed by atoms with Crippen LogP contribution in [0.1, 0.15) is 35.6 Å². The van der Waals surface area contributed by atoms with Crippen LogP contribution >= 0.6 is 11.8 Å². The molecule has 22 heavy (non-hydrogen) atoms. The van der Waals surface area contributed by atoms with Crippen LogP contribution in [-0.4, -0.2) is 18.1 Å². The lowest BCUT2D eigenvalue weighted by Gasteiger charge is -2.41. The molecule has 2 aromatic rings. The molecule has 1 fully saturated rings. The van der Waals surface area contributed by atoms with Crippen LogP contribution < -0.4 is 4.90 Å². The summed E-state index contributed by atoms with van der Waals surface area (Å²) in [7, 11) is 0. The molecule has 3 nitrogen and oxygen atoms in total. The van der Waals surface area contributed by atoms with Gasteiger partial charge in [-0.15, -0.1) is 11.8 Å². The Balaban J connectivity index is 1.65. The van der Waals surface area contributed by atoms with Crippen LogP contribution in [0.3, 0.4) is 0 Å². The monoisotopic (exact) mass is 307 g/mol. The first-order valence-electron chi connectivity index (χ1n) is 7.72. The molecule has 0 amide bonds. The lowest BCUT2D eigenvalue weighted by atomic mass is 9.86. The van der Waals surface area contributed by atoms with E-state index in [9.17, 15) is 5.26 Å². The number of fused-ring (bicyclic) bond motifs is 2. The van der Waals surface area contributed by atoms with Gasteiger partial charge in [-0.3, -0.25) is 0 Å². The molecule has 1 aromatic carbocycles. The average Bonchev–Trinajstić information content (AvgIpc) is 2.61. The van der Waals surface area contributed by atoms with E-state index in [2.05, 4.69) is 29.2 Å². The Kier molecular flexibility index (Phi) is 3.51. The van der Waals surface area contributed by atoms with Gasteiger partial charge in [-0.05, 0) is 24.5 Å². The van der Waals surface area contributed by atoms with E-state index in [4.69, 9.17) is 4.98 Å². The number of rotatable bonds is 3. The fourth-order valence-corrected chi connectivity index (χ4v) is 4.28. The molecule has 0 radical (unpaired) electrons.